The molecule has 0 atom stereocenters. The minimum Gasteiger partial charge on any atom is -0.466 e. The Bertz CT molecular complexity index is 1110. The fourth-order valence-corrected chi connectivity index (χ4v) is 3.97. The number of carbonyl (C=O) groups is 2. The molecule has 8 heteroatoms. The zero-order chi connectivity index (χ0) is 23.3. The van der Waals surface area contributed by atoms with E-state index in [2.05, 4.69) is 10.6 Å². The maximum Gasteiger partial charge on any atom is 0.311 e. The molecule has 0 saturated carbocycles. The summed E-state index contributed by atoms with van der Waals surface area (Å²) in [5.74, 6) is -0.333. The van der Waals surface area contributed by atoms with E-state index in [1.54, 1.807) is 19.1 Å². The number of hydrogen-bond acceptors (Lipinski definition) is 6. The number of anilines is 2. The van der Waals surface area contributed by atoms with Crippen LogP contribution in [-0.4, -0.2) is 29.3 Å². The lowest BCUT2D eigenvalue weighted by molar-refractivity contribution is -0.142. The molecule has 1 amide bonds. The molecule has 0 spiro atoms. The zero-order valence-electron chi connectivity index (χ0n) is 18.5. The molecule has 168 valence electrons. The summed E-state index contributed by atoms with van der Waals surface area (Å²) in [6.45, 7) is 8.05. The van der Waals surface area contributed by atoms with E-state index in [4.69, 9.17) is 21.3 Å². The molecule has 0 saturated heterocycles. The number of esters is 1. The summed E-state index contributed by atoms with van der Waals surface area (Å²) >= 11 is 7.44. The van der Waals surface area contributed by atoms with Gasteiger partial charge in [0.1, 0.15) is 0 Å². The molecule has 6 nitrogen and oxygen atoms in total. The van der Waals surface area contributed by atoms with Gasteiger partial charge in [0.25, 0.3) is 0 Å². The Balaban J connectivity index is 1.78. The topological polar surface area (TPSA) is 79.8 Å². The van der Waals surface area contributed by atoms with Crippen molar-refractivity contribution >= 4 is 57.3 Å². The van der Waals surface area contributed by atoms with Crippen LogP contribution in [0.3, 0.4) is 0 Å². The third kappa shape index (κ3) is 6.37. The Morgan fingerprint density at radius 2 is 1.88 bits per heavy atom. The van der Waals surface area contributed by atoms with Gasteiger partial charge >= 0.3 is 5.97 Å². The predicted molar refractivity (Wildman–Crippen MR) is 133 cm³/mol. The highest BCUT2D eigenvalue weighted by Crippen LogP contribution is 2.34. The Kier molecular flexibility index (Phi) is 7.99. The molecular weight excluding hydrogens is 446 g/mol. The van der Waals surface area contributed by atoms with E-state index in [-0.39, 0.29) is 24.1 Å². The van der Waals surface area contributed by atoms with E-state index in [0.29, 0.717) is 28.1 Å². The van der Waals surface area contributed by atoms with E-state index < -0.39 is 0 Å². The van der Waals surface area contributed by atoms with Crippen LogP contribution in [0.5, 0.6) is 0 Å². The maximum absolute atomic E-state index is 12.5. The van der Waals surface area contributed by atoms with Crippen LogP contribution >= 0.6 is 23.4 Å². The van der Waals surface area contributed by atoms with Crippen LogP contribution in [-0.2, 0) is 14.3 Å². The number of carbonyl (C=O) groups excluding carboxylic acids is 2. The second-order valence-electron chi connectivity index (χ2n) is 7.48. The average Bonchev–Trinajstić information content (AvgIpc) is 2.88. The molecule has 0 aromatic heterocycles. The van der Waals surface area contributed by atoms with Crippen LogP contribution in [0, 0.1) is 20.8 Å². The Hall–Kier alpha value is -2.77. The third-order valence-electron chi connectivity index (χ3n) is 4.88. The number of aryl methyl sites for hydroxylation is 3. The third-order valence-corrected chi connectivity index (χ3v) is 6.20. The van der Waals surface area contributed by atoms with Crippen molar-refractivity contribution in [3.63, 3.8) is 0 Å². The van der Waals surface area contributed by atoms with Crippen molar-refractivity contribution in [2.45, 2.75) is 34.1 Å². The second kappa shape index (κ2) is 10.7. The number of fused-ring (bicyclic) bond motifs is 1. The number of nitrogens with zero attached hydrogens (tertiary/aromatic N) is 1. The SMILES string of the molecule is CCOC(=O)CC1=CC(SCC(=O)Nc2ccc(C)c(Cl)c2)=Nc2cc(C)c(C)cc2N1. The molecule has 2 aromatic carbocycles. The highest BCUT2D eigenvalue weighted by molar-refractivity contribution is 8.14. The summed E-state index contributed by atoms with van der Waals surface area (Å²) in [7, 11) is 0. The molecule has 0 bridgehead atoms. The van der Waals surface area contributed by atoms with Gasteiger partial charge in [-0.1, -0.05) is 29.4 Å². The van der Waals surface area contributed by atoms with Gasteiger partial charge in [-0.3, -0.25) is 9.59 Å². The Morgan fingerprint density at radius 3 is 2.59 bits per heavy atom. The molecule has 2 aromatic rings. The van der Waals surface area contributed by atoms with Gasteiger partial charge in [0.05, 0.1) is 35.2 Å². The van der Waals surface area contributed by atoms with E-state index in [1.807, 2.05) is 45.0 Å². The lowest BCUT2D eigenvalue weighted by Gasteiger charge is -2.12. The highest BCUT2D eigenvalue weighted by Gasteiger charge is 2.17. The summed E-state index contributed by atoms with van der Waals surface area (Å²) in [4.78, 5) is 29.3. The fraction of sp³-hybridized carbons (Fsp3) is 0.292. The molecule has 32 heavy (non-hydrogen) atoms. The number of ether oxygens (including phenoxy) is 1. The quantitative estimate of drug-likeness (QED) is 0.510. The van der Waals surface area contributed by atoms with Crippen molar-refractivity contribution in [3.8, 4) is 0 Å². The molecule has 2 N–H and O–H groups in total. The van der Waals surface area contributed by atoms with Gasteiger partial charge in [0, 0.05) is 16.4 Å². The Morgan fingerprint density at radius 1 is 1.12 bits per heavy atom. The predicted octanol–water partition coefficient (Wildman–Crippen LogP) is 5.93. The van der Waals surface area contributed by atoms with Crippen LogP contribution in [0.2, 0.25) is 5.02 Å². The van der Waals surface area contributed by atoms with Gasteiger partial charge in [-0.05, 0) is 74.7 Å². The number of thioether (sulfide) groups is 1. The van der Waals surface area contributed by atoms with Crippen molar-refractivity contribution < 1.29 is 14.3 Å². The average molecular weight is 472 g/mol. The van der Waals surface area contributed by atoms with E-state index in [9.17, 15) is 9.59 Å². The summed E-state index contributed by atoms with van der Waals surface area (Å²) in [6.07, 6.45) is 1.89. The van der Waals surface area contributed by atoms with Crippen LogP contribution < -0.4 is 10.6 Å². The summed E-state index contributed by atoms with van der Waals surface area (Å²) < 4.78 is 5.09. The molecule has 3 rings (SSSR count). The van der Waals surface area contributed by atoms with Crippen LogP contribution in [0.25, 0.3) is 0 Å². The van der Waals surface area contributed by atoms with Gasteiger partial charge in [0.15, 0.2) is 0 Å². The van der Waals surface area contributed by atoms with Gasteiger partial charge in [-0.25, -0.2) is 4.99 Å². The van der Waals surface area contributed by atoms with E-state index in [0.717, 1.165) is 28.1 Å². The minimum atomic E-state index is -0.322. The molecule has 1 aliphatic rings. The molecule has 0 radical (unpaired) electrons. The number of nitrogens with one attached hydrogen (secondary N) is 2. The smallest absolute Gasteiger partial charge is 0.311 e. The number of benzene rings is 2. The molecule has 1 heterocycles. The number of rotatable bonds is 6. The molecular formula is C24H26ClN3O3S. The first kappa shape index (κ1) is 23.9. The van der Waals surface area contributed by atoms with Gasteiger partial charge in [0.2, 0.25) is 5.91 Å². The number of halogens is 1. The molecule has 0 fully saturated rings. The van der Waals surface area contributed by atoms with Crippen molar-refractivity contribution in [2.75, 3.05) is 23.0 Å². The highest BCUT2D eigenvalue weighted by atomic mass is 35.5. The summed E-state index contributed by atoms with van der Waals surface area (Å²) in [6, 6.07) is 9.40. The molecule has 0 aliphatic carbocycles. The van der Waals surface area contributed by atoms with Gasteiger partial charge in [-0.15, -0.1) is 0 Å². The van der Waals surface area contributed by atoms with Gasteiger partial charge < -0.3 is 15.4 Å². The van der Waals surface area contributed by atoms with Crippen molar-refractivity contribution in [1.82, 2.24) is 0 Å². The largest absolute Gasteiger partial charge is 0.466 e. The monoisotopic (exact) mass is 471 g/mol. The number of aliphatic imine (C=N–C) groups is 1. The fourth-order valence-electron chi connectivity index (χ4n) is 3.05. The van der Waals surface area contributed by atoms with Crippen molar-refractivity contribution in [2.24, 2.45) is 4.99 Å². The standard InChI is InChI=1S/C24H26ClN3O3S/c1-5-31-24(30)12-18-11-23(28-21-9-16(4)15(3)8-20(21)26-18)32-13-22(29)27-17-7-6-14(2)19(25)10-17/h6-11,26H,5,12-13H2,1-4H3,(H,27,29). The first-order valence-corrected chi connectivity index (χ1v) is 11.6. The normalized spacial score (nSPS) is 12.7. The summed E-state index contributed by atoms with van der Waals surface area (Å²) in [5, 5.41) is 7.39. The molecule has 0 unspecified atom stereocenters. The van der Waals surface area contributed by atoms with E-state index >= 15 is 0 Å². The van der Waals surface area contributed by atoms with Crippen molar-refractivity contribution in [1.29, 1.82) is 0 Å². The van der Waals surface area contributed by atoms with Gasteiger partial charge in [-0.2, -0.15) is 0 Å². The van der Waals surface area contributed by atoms with Crippen LogP contribution in [0.4, 0.5) is 17.1 Å². The van der Waals surface area contributed by atoms with Crippen LogP contribution in [0.1, 0.15) is 30.0 Å². The maximum atomic E-state index is 12.5. The zero-order valence-corrected chi connectivity index (χ0v) is 20.1. The number of amides is 1. The Labute approximate surface area is 197 Å². The first-order valence-electron chi connectivity index (χ1n) is 10.3. The van der Waals surface area contributed by atoms with Crippen LogP contribution in [0.15, 0.2) is 47.1 Å². The second-order valence-corrected chi connectivity index (χ2v) is 8.88. The summed E-state index contributed by atoms with van der Waals surface area (Å²) in [5.41, 5.74) is 6.07. The lowest BCUT2D eigenvalue weighted by atomic mass is 10.1. The lowest BCUT2D eigenvalue weighted by Crippen LogP contribution is -2.15. The van der Waals surface area contributed by atoms with E-state index in [1.165, 1.54) is 11.8 Å². The molecule has 1 aliphatic heterocycles. The number of hydrogen-bond donors (Lipinski definition) is 2. The minimum absolute atomic E-state index is 0.0911. The first-order chi connectivity index (χ1) is 15.2. The van der Waals surface area contributed by atoms with Crippen molar-refractivity contribution in [3.05, 3.63) is 63.8 Å².